The van der Waals surface area contributed by atoms with E-state index in [1.807, 2.05) is 30.3 Å². The highest BCUT2D eigenvalue weighted by Gasteiger charge is 2.23. The standard InChI is InChI=1S/C24H22ClN5O2/c25-20-11-19(24(32)23-18(20)4-2-10-28-23)22(16-7-5-15(12-26)6-8-16)30-21(31)14-29-17-3-1-9-27-13-17/h1-11,13,22,29,32H,12,14,26H2,(H,30,31). The number of halogens is 1. The molecule has 2 heterocycles. The molecular weight excluding hydrogens is 426 g/mol. The van der Waals surface area contributed by atoms with Crippen molar-refractivity contribution >= 4 is 34.1 Å². The third-order valence-electron chi connectivity index (χ3n) is 5.12. The van der Waals surface area contributed by atoms with Gasteiger partial charge in [0.1, 0.15) is 11.3 Å². The van der Waals surface area contributed by atoms with E-state index in [4.69, 9.17) is 17.3 Å². The number of pyridine rings is 2. The van der Waals surface area contributed by atoms with Gasteiger partial charge in [0.2, 0.25) is 5.91 Å². The van der Waals surface area contributed by atoms with E-state index >= 15 is 0 Å². The van der Waals surface area contributed by atoms with Crippen molar-refractivity contribution in [3.63, 3.8) is 0 Å². The zero-order valence-electron chi connectivity index (χ0n) is 17.1. The number of carbonyl (C=O) groups excluding carboxylic acids is 1. The van der Waals surface area contributed by atoms with Crippen LogP contribution in [0.2, 0.25) is 5.02 Å². The molecule has 0 saturated carbocycles. The molecule has 8 heteroatoms. The number of anilines is 1. The van der Waals surface area contributed by atoms with Gasteiger partial charge < -0.3 is 21.5 Å². The predicted octanol–water partition coefficient (Wildman–Crippen LogP) is 3.77. The highest BCUT2D eigenvalue weighted by molar-refractivity contribution is 6.35. The maximum absolute atomic E-state index is 12.8. The molecule has 0 bridgehead atoms. The summed E-state index contributed by atoms with van der Waals surface area (Å²) >= 11 is 6.49. The van der Waals surface area contributed by atoms with Gasteiger partial charge in [0.05, 0.1) is 23.3 Å². The SMILES string of the molecule is NCc1ccc(C(NC(=O)CNc2cccnc2)c2cc(Cl)c3cccnc3c2O)cc1. The Balaban J connectivity index is 1.69. The smallest absolute Gasteiger partial charge is 0.240 e. The van der Waals surface area contributed by atoms with Crippen molar-refractivity contribution in [2.75, 3.05) is 11.9 Å². The van der Waals surface area contributed by atoms with E-state index in [1.54, 1.807) is 42.9 Å². The second-order valence-electron chi connectivity index (χ2n) is 7.24. The number of nitrogens with two attached hydrogens (primary N) is 1. The number of fused-ring (bicyclic) bond motifs is 1. The fourth-order valence-electron chi connectivity index (χ4n) is 3.47. The van der Waals surface area contributed by atoms with E-state index in [0.29, 0.717) is 28.0 Å². The topological polar surface area (TPSA) is 113 Å². The third-order valence-corrected chi connectivity index (χ3v) is 5.44. The van der Waals surface area contributed by atoms with Crippen molar-refractivity contribution in [1.29, 1.82) is 0 Å². The van der Waals surface area contributed by atoms with Crippen molar-refractivity contribution in [3.8, 4) is 5.75 Å². The summed E-state index contributed by atoms with van der Waals surface area (Å²) in [6, 6.07) is 15.7. The minimum atomic E-state index is -0.645. The molecule has 32 heavy (non-hydrogen) atoms. The Bertz CT molecular complexity index is 1230. The molecule has 5 N–H and O–H groups in total. The normalized spacial score (nSPS) is 11.8. The molecule has 0 aliphatic carbocycles. The Morgan fingerprint density at radius 3 is 2.62 bits per heavy atom. The highest BCUT2D eigenvalue weighted by atomic mass is 35.5. The minimum Gasteiger partial charge on any atom is -0.505 e. The maximum atomic E-state index is 12.8. The molecule has 0 aliphatic heterocycles. The largest absolute Gasteiger partial charge is 0.505 e. The quantitative estimate of drug-likeness (QED) is 0.343. The number of phenols is 1. The average Bonchev–Trinajstić information content (AvgIpc) is 2.84. The Kier molecular flexibility index (Phi) is 6.49. The van der Waals surface area contributed by atoms with Crippen LogP contribution >= 0.6 is 11.6 Å². The zero-order chi connectivity index (χ0) is 22.5. The Morgan fingerprint density at radius 1 is 1.12 bits per heavy atom. The number of amides is 1. The van der Waals surface area contributed by atoms with Crippen LogP contribution in [0.3, 0.4) is 0 Å². The number of aromatic nitrogens is 2. The van der Waals surface area contributed by atoms with Crippen molar-refractivity contribution in [1.82, 2.24) is 15.3 Å². The van der Waals surface area contributed by atoms with Gasteiger partial charge in [0.25, 0.3) is 0 Å². The third kappa shape index (κ3) is 4.64. The molecule has 0 spiro atoms. The van der Waals surface area contributed by atoms with Crippen LogP contribution in [0.25, 0.3) is 10.9 Å². The summed E-state index contributed by atoms with van der Waals surface area (Å²) in [6.07, 6.45) is 4.88. The molecule has 4 aromatic rings. The summed E-state index contributed by atoms with van der Waals surface area (Å²) in [5, 5.41) is 18.1. The van der Waals surface area contributed by atoms with Crippen LogP contribution in [0.15, 0.2) is 73.2 Å². The van der Waals surface area contributed by atoms with Crippen molar-refractivity contribution < 1.29 is 9.90 Å². The first-order valence-corrected chi connectivity index (χ1v) is 10.4. The van der Waals surface area contributed by atoms with E-state index in [0.717, 1.165) is 16.8 Å². The van der Waals surface area contributed by atoms with Crippen molar-refractivity contribution in [2.24, 2.45) is 5.73 Å². The lowest BCUT2D eigenvalue weighted by Crippen LogP contribution is -2.34. The summed E-state index contributed by atoms with van der Waals surface area (Å²) in [6.45, 7) is 0.437. The molecule has 0 radical (unpaired) electrons. The number of aromatic hydroxyl groups is 1. The number of rotatable bonds is 7. The first-order valence-electron chi connectivity index (χ1n) is 10.0. The second kappa shape index (κ2) is 9.64. The molecule has 7 nitrogen and oxygen atoms in total. The maximum Gasteiger partial charge on any atom is 0.240 e. The van der Waals surface area contributed by atoms with Crippen LogP contribution in [-0.4, -0.2) is 27.5 Å². The Labute approximate surface area is 190 Å². The van der Waals surface area contributed by atoms with E-state index < -0.39 is 6.04 Å². The lowest BCUT2D eigenvalue weighted by molar-refractivity contribution is -0.119. The van der Waals surface area contributed by atoms with Crippen LogP contribution < -0.4 is 16.4 Å². The van der Waals surface area contributed by atoms with E-state index in [1.165, 1.54) is 0 Å². The second-order valence-corrected chi connectivity index (χ2v) is 7.64. The zero-order valence-corrected chi connectivity index (χ0v) is 17.9. The molecular formula is C24H22ClN5O2. The Hall–Kier alpha value is -3.68. The average molecular weight is 448 g/mol. The first-order chi connectivity index (χ1) is 15.6. The highest BCUT2D eigenvalue weighted by Crippen LogP contribution is 2.38. The summed E-state index contributed by atoms with van der Waals surface area (Å²) in [4.78, 5) is 21.1. The number of benzene rings is 2. The number of hydrogen-bond acceptors (Lipinski definition) is 6. The van der Waals surface area contributed by atoms with E-state index in [9.17, 15) is 9.90 Å². The lowest BCUT2D eigenvalue weighted by Gasteiger charge is -2.22. The summed E-state index contributed by atoms with van der Waals surface area (Å²) in [7, 11) is 0. The number of nitrogens with zero attached hydrogens (tertiary/aromatic N) is 2. The summed E-state index contributed by atoms with van der Waals surface area (Å²) < 4.78 is 0. The first kappa shape index (κ1) is 21.5. The molecule has 1 unspecified atom stereocenters. The molecule has 2 aromatic heterocycles. The lowest BCUT2D eigenvalue weighted by atomic mass is 9.95. The molecule has 0 saturated heterocycles. The van der Waals surface area contributed by atoms with Gasteiger partial charge >= 0.3 is 0 Å². The van der Waals surface area contributed by atoms with E-state index in [2.05, 4.69) is 20.6 Å². The van der Waals surface area contributed by atoms with Crippen LogP contribution in [-0.2, 0) is 11.3 Å². The molecule has 1 amide bonds. The van der Waals surface area contributed by atoms with Gasteiger partial charge in [-0.15, -0.1) is 0 Å². The summed E-state index contributed by atoms with van der Waals surface area (Å²) in [5.41, 5.74) is 9.01. The molecule has 2 aromatic carbocycles. The minimum absolute atomic E-state index is 0.0292. The molecule has 0 fully saturated rings. The van der Waals surface area contributed by atoms with Gasteiger partial charge in [0.15, 0.2) is 0 Å². The fourth-order valence-corrected chi connectivity index (χ4v) is 3.74. The number of nitrogens with one attached hydrogen (secondary N) is 2. The van der Waals surface area contributed by atoms with Gasteiger partial charge in [-0.1, -0.05) is 35.9 Å². The van der Waals surface area contributed by atoms with Crippen LogP contribution in [0.1, 0.15) is 22.7 Å². The van der Waals surface area contributed by atoms with Crippen molar-refractivity contribution in [3.05, 3.63) is 94.9 Å². The molecule has 4 rings (SSSR count). The van der Waals surface area contributed by atoms with E-state index in [-0.39, 0.29) is 18.2 Å². The Morgan fingerprint density at radius 2 is 1.91 bits per heavy atom. The van der Waals surface area contributed by atoms with Crippen LogP contribution in [0.4, 0.5) is 5.69 Å². The van der Waals surface area contributed by atoms with Gasteiger partial charge in [0, 0.05) is 36.1 Å². The number of hydrogen-bond donors (Lipinski definition) is 4. The summed E-state index contributed by atoms with van der Waals surface area (Å²) in [5.74, 6) is -0.295. The van der Waals surface area contributed by atoms with Gasteiger partial charge in [-0.05, 0) is 41.5 Å². The molecule has 162 valence electrons. The number of phenolic OH excluding ortho intramolecular Hbond substituents is 1. The molecule has 1 atom stereocenters. The fraction of sp³-hybridized carbons (Fsp3) is 0.125. The van der Waals surface area contributed by atoms with Crippen molar-refractivity contribution in [2.45, 2.75) is 12.6 Å². The van der Waals surface area contributed by atoms with Gasteiger partial charge in [-0.25, -0.2) is 0 Å². The molecule has 0 aliphatic rings. The monoisotopic (exact) mass is 447 g/mol. The van der Waals surface area contributed by atoms with Crippen LogP contribution in [0, 0.1) is 0 Å². The number of carbonyl (C=O) groups is 1. The van der Waals surface area contributed by atoms with Crippen LogP contribution in [0.5, 0.6) is 5.75 Å². The van der Waals surface area contributed by atoms with Gasteiger partial charge in [-0.2, -0.15) is 0 Å². The predicted molar refractivity (Wildman–Crippen MR) is 125 cm³/mol. The van der Waals surface area contributed by atoms with Gasteiger partial charge in [-0.3, -0.25) is 14.8 Å².